The Morgan fingerprint density at radius 3 is 2.71 bits per heavy atom. The van der Waals surface area contributed by atoms with Gasteiger partial charge in [-0.05, 0) is 50.6 Å². The standard InChI is InChI=1S/C18H25N3/c1-4-21(5-2)15-6-7-18-16(12-15)17(13-20(18)3)14-8-10-19-11-9-14/h6-8,12-13,19H,4-5,9-11H2,1-3H3. The van der Waals surface area contributed by atoms with E-state index >= 15 is 0 Å². The van der Waals surface area contributed by atoms with Crippen molar-refractivity contribution >= 4 is 22.2 Å². The van der Waals surface area contributed by atoms with E-state index in [-0.39, 0.29) is 0 Å². The maximum absolute atomic E-state index is 3.40. The molecule has 1 aromatic heterocycles. The van der Waals surface area contributed by atoms with Crippen molar-refractivity contribution in [2.24, 2.45) is 7.05 Å². The van der Waals surface area contributed by atoms with E-state index in [2.05, 4.69) is 66.2 Å². The molecule has 3 heteroatoms. The summed E-state index contributed by atoms with van der Waals surface area (Å²) in [6, 6.07) is 6.87. The molecule has 0 saturated heterocycles. The second-order valence-electron chi connectivity index (χ2n) is 5.71. The summed E-state index contributed by atoms with van der Waals surface area (Å²) in [6.07, 6.45) is 5.74. The van der Waals surface area contributed by atoms with E-state index in [1.807, 2.05) is 0 Å². The van der Waals surface area contributed by atoms with Gasteiger partial charge in [0.05, 0.1) is 0 Å². The van der Waals surface area contributed by atoms with Crippen LogP contribution < -0.4 is 10.2 Å². The van der Waals surface area contributed by atoms with Gasteiger partial charge < -0.3 is 14.8 Å². The van der Waals surface area contributed by atoms with E-state index in [1.54, 1.807) is 0 Å². The molecular formula is C18H25N3. The van der Waals surface area contributed by atoms with Crippen LogP contribution in [0.25, 0.3) is 16.5 Å². The van der Waals surface area contributed by atoms with Crippen LogP contribution in [-0.4, -0.2) is 30.7 Å². The third-order valence-corrected chi connectivity index (χ3v) is 4.51. The topological polar surface area (TPSA) is 20.2 Å². The fraction of sp³-hybridized carbons (Fsp3) is 0.444. The van der Waals surface area contributed by atoms with Crippen molar-refractivity contribution in [2.75, 3.05) is 31.1 Å². The first-order chi connectivity index (χ1) is 10.2. The fourth-order valence-corrected chi connectivity index (χ4v) is 3.29. The molecule has 1 N–H and O–H groups in total. The summed E-state index contributed by atoms with van der Waals surface area (Å²) in [5, 5.41) is 4.78. The Hall–Kier alpha value is -1.74. The molecule has 0 atom stereocenters. The number of aryl methyl sites for hydroxylation is 1. The molecule has 112 valence electrons. The first-order valence-electron chi connectivity index (χ1n) is 7.98. The Labute approximate surface area is 127 Å². The highest BCUT2D eigenvalue weighted by atomic mass is 15.1. The molecule has 1 aliphatic heterocycles. The molecule has 2 aromatic rings. The fourth-order valence-electron chi connectivity index (χ4n) is 3.29. The Bertz CT molecular complexity index is 662. The highest BCUT2D eigenvalue weighted by Crippen LogP contribution is 2.32. The van der Waals surface area contributed by atoms with Crippen molar-refractivity contribution in [3.8, 4) is 0 Å². The van der Waals surface area contributed by atoms with Gasteiger partial charge >= 0.3 is 0 Å². The largest absolute Gasteiger partial charge is 0.372 e. The summed E-state index contributed by atoms with van der Waals surface area (Å²) in [5.41, 5.74) is 5.54. The maximum atomic E-state index is 3.40. The first kappa shape index (κ1) is 14.2. The monoisotopic (exact) mass is 283 g/mol. The number of aromatic nitrogens is 1. The number of hydrogen-bond donors (Lipinski definition) is 1. The highest BCUT2D eigenvalue weighted by Gasteiger charge is 2.14. The van der Waals surface area contributed by atoms with Crippen molar-refractivity contribution in [1.82, 2.24) is 9.88 Å². The van der Waals surface area contributed by atoms with Gasteiger partial charge in [-0.3, -0.25) is 0 Å². The van der Waals surface area contributed by atoms with E-state index < -0.39 is 0 Å². The molecule has 0 aliphatic carbocycles. The first-order valence-corrected chi connectivity index (χ1v) is 7.98. The molecule has 1 aromatic carbocycles. The predicted octanol–water partition coefficient (Wildman–Crippen LogP) is 3.40. The van der Waals surface area contributed by atoms with Gasteiger partial charge in [0.1, 0.15) is 0 Å². The molecule has 2 heterocycles. The SMILES string of the molecule is CCN(CC)c1ccc2c(c1)c(C1=CCNCC1)cn2C. The Kier molecular flexibility index (Phi) is 4.02. The van der Waals surface area contributed by atoms with Gasteiger partial charge in [-0.15, -0.1) is 0 Å². The molecule has 0 fully saturated rings. The molecule has 3 rings (SSSR count). The summed E-state index contributed by atoms with van der Waals surface area (Å²) >= 11 is 0. The summed E-state index contributed by atoms with van der Waals surface area (Å²) in [6.45, 7) is 8.61. The van der Waals surface area contributed by atoms with Crippen LogP contribution in [0.1, 0.15) is 25.8 Å². The van der Waals surface area contributed by atoms with Crippen molar-refractivity contribution in [3.05, 3.63) is 36.0 Å². The summed E-state index contributed by atoms with van der Waals surface area (Å²) in [4.78, 5) is 2.41. The lowest BCUT2D eigenvalue weighted by atomic mass is 9.99. The van der Waals surface area contributed by atoms with E-state index in [0.29, 0.717) is 0 Å². The summed E-state index contributed by atoms with van der Waals surface area (Å²) in [7, 11) is 2.14. The number of nitrogens with zero attached hydrogens (tertiary/aromatic N) is 2. The lowest BCUT2D eigenvalue weighted by Gasteiger charge is -2.21. The number of rotatable bonds is 4. The van der Waals surface area contributed by atoms with Gasteiger partial charge in [0.15, 0.2) is 0 Å². The number of fused-ring (bicyclic) bond motifs is 1. The number of hydrogen-bond acceptors (Lipinski definition) is 2. The van der Waals surface area contributed by atoms with Crippen LogP contribution in [0, 0.1) is 0 Å². The number of anilines is 1. The van der Waals surface area contributed by atoms with Crippen LogP contribution in [0.3, 0.4) is 0 Å². The van der Waals surface area contributed by atoms with Crippen LogP contribution >= 0.6 is 0 Å². The Balaban J connectivity index is 2.12. The normalized spacial score (nSPS) is 15.3. The quantitative estimate of drug-likeness (QED) is 0.928. The molecule has 0 radical (unpaired) electrons. The van der Waals surface area contributed by atoms with Gasteiger partial charge in [-0.25, -0.2) is 0 Å². The molecule has 1 aliphatic rings. The third-order valence-electron chi connectivity index (χ3n) is 4.51. The molecule has 21 heavy (non-hydrogen) atoms. The second-order valence-corrected chi connectivity index (χ2v) is 5.71. The van der Waals surface area contributed by atoms with E-state index in [0.717, 1.165) is 32.6 Å². The molecule has 3 nitrogen and oxygen atoms in total. The predicted molar refractivity (Wildman–Crippen MR) is 91.9 cm³/mol. The van der Waals surface area contributed by atoms with Gasteiger partial charge in [-0.2, -0.15) is 0 Å². The number of nitrogens with one attached hydrogen (secondary N) is 1. The van der Waals surface area contributed by atoms with Crippen molar-refractivity contribution in [1.29, 1.82) is 0 Å². The number of benzene rings is 1. The van der Waals surface area contributed by atoms with Gasteiger partial charge in [0.2, 0.25) is 0 Å². The average Bonchev–Trinajstić information content (AvgIpc) is 2.86. The summed E-state index contributed by atoms with van der Waals surface area (Å²) in [5.74, 6) is 0. The van der Waals surface area contributed by atoms with Crippen LogP contribution in [0.15, 0.2) is 30.5 Å². The smallest absolute Gasteiger partial charge is 0.0485 e. The van der Waals surface area contributed by atoms with Crippen molar-refractivity contribution < 1.29 is 0 Å². The average molecular weight is 283 g/mol. The highest BCUT2D eigenvalue weighted by molar-refractivity contribution is 5.95. The zero-order chi connectivity index (χ0) is 14.8. The summed E-state index contributed by atoms with van der Waals surface area (Å²) < 4.78 is 2.25. The zero-order valence-corrected chi connectivity index (χ0v) is 13.3. The van der Waals surface area contributed by atoms with Crippen LogP contribution in [0.5, 0.6) is 0 Å². The zero-order valence-electron chi connectivity index (χ0n) is 13.3. The lowest BCUT2D eigenvalue weighted by molar-refractivity contribution is 0.738. The van der Waals surface area contributed by atoms with E-state index in [4.69, 9.17) is 0 Å². The van der Waals surface area contributed by atoms with Gasteiger partial charge in [0.25, 0.3) is 0 Å². The minimum absolute atomic E-state index is 0.988. The molecular weight excluding hydrogens is 258 g/mol. The van der Waals surface area contributed by atoms with E-state index in [1.165, 1.54) is 27.7 Å². The molecule has 0 unspecified atom stereocenters. The maximum Gasteiger partial charge on any atom is 0.0485 e. The molecule has 0 bridgehead atoms. The minimum atomic E-state index is 0.988. The second kappa shape index (κ2) is 5.94. The van der Waals surface area contributed by atoms with E-state index in [9.17, 15) is 0 Å². The van der Waals surface area contributed by atoms with Gasteiger partial charge in [0, 0.05) is 55.0 Å². The van der Waals surface area contributed by atoms with Crippen molar-refractivity contribution in [2.45, 2.75) is 20.3 Å². The Morgan fingerprint density at radius 2 is 2.05 bits per heavy atom. The van der Waals surface area contributed by atoms with Gasteiger partial charge in [-0.1, -0.05) is 6.08 Å². The van der Waals surface area contributed by atoms with Crippen LogP contribution in [0.2, 0.25) is 0 Å². The molecule has 0 spiro atoms. The van der Waals surface area contributed by atoms with Crippen molar-refractivity contribution in [3.63, 3.8) is 0 Å². The van der Waals surface area contributed by atoms with Crippen LogP contribution in [-0.2, 0) is 7.05 Å². The Morgan fingerprint density at radius 1 is 1.24 bits per heavy atom. The molecule has 0 saturated carbocycles. The lowest BCUT2D eigenvalue weighted by Crippen LogP contribution is -2.21. The third kappa shape index (κ3) is 2.58. The minimum Gasteiger partial charge on any atom is -0.372 e. The molecule has 0 amide bonds. The van der Waals surface area contributed by atoms with Crippen LogP contribution in [0.4, 0.5) is 5.69 Å².